The van der Waals surface area contributed by atoms with Gasteiger partial charge in [0, 0.05) is 24.3 Å². The average Bonchev–Trinajstić information content (AvgIpc) is 2.69. The van der Waals surface area contributed by atoms with Gasteiger partial charge in [0.25, 0.3) is 5.91 Å². The SMILES string of the molecule is CC(C)(C)OC(=O)N1CCC(c2ccc(C(=O)Nc3ccc(O)cc3)cc2)CC1. The molecule has 1 aliphatic heterocycles. The van der Waals surface area contributed by atoms with E-state index in [-0.39, 0.29) is 17.7 Å². The first-order valence-electron chi connectivity index (χ1n) is 9.89. The fourth-order valence-corrected chi connectivity index (χ4v) is 3.38. The van der Waals surface area contributed by atoms with Gasteiger partial charge in [-0.05, 0) is 81.5 Å². The van der Waals surface area contributed by atoms with E-state index in [0.717, 1.165) is 12.8 Å². The molecule has 0 unspecified atom stereocenters. The highest BCUT2D eigenvalue weighted by Crippen LogP contribution is 2.29. The van der Waals surface area contributed by atoms with E-state index in [0.29, 0.717) is 30.3 Å². The summed E-state index contributed by atoms with van der Waals surface area (Å²) in [5.74, 6) is 0.329. The third-order valence-electron chi connectivity index (χ3n) is 4.92. The molecule has 1 heterocycles. The van der Waals surface area contributed by atoms with E-state index in [4.69, 9.17) is 4.74 Å². The second kappa shape index (κ2) is 8.55. The molecule has 6 nitrogen and oxygen atoms in total. The van der Waals surface area contributed by atoms with Crippen molar-refractivity contribution in [3.05, 3.63) is 59.7 Å². The molecule has 154 valence electrons. The number of carbonyl (C=O) groups excluding carboxylic acids is 2. The summed E-state index contributed by atoms with van der Waals surface area (Å²) in [5, 5.41) is 12.1. The van der Waals surface area contributed by atoms with Crippen LogP contribution in [-0.2, 0) is 4.74 Å². The Kier molecular flexibility index (Phi) is 6.11. The van der Waals surface area contributed by atoms with E-state index in [1.165, 1.54) is 17.7 Å². The summed E-state index contributed by atoms with van der Waals surface area (Å²) >= 11 is 0. The molecule has 2 amide bonds. The lowest BCUT2D eigenvalue weighted by atomic mass is 9.89. The number of ether oxygens (including phenoxy) is 1. The van der Waals surface area contributed by atoms with Crippen LogP contribution in [-0.4, -0.2) is 40.7 Å². The van der Waals surface area contributed by atoms with Crippen molar-refractivity contribution in [2.45, 2.75) is 45.1 Å². The average molecular weight is 396 g/mol. The van der Waals surface area contributed by atoms with Crippen LogP contribution in [0.25, 0.3) is 0 Å². The fraction of sp³-hybridized carbons (Fsp3) is 0.391. The van der Waals surface area contributed by atoms with Crippen LogP contribution < -0.4 is 5.32 Å². The zero-order chi connectivity index (χ0) is 21.0. The Morgan fingerprint density at radius 1 is 1.00 bits per heavy atom. The maximum atomic E-state index is 12.4. The molecule has 2 N–H and O–H groups in total. The van der Waals surface area contributed by atoms with Gasteiger partial charge in [-0.2, -0.15) is 0 Å². The first-order chi connectivity index (χ1) is 13.7. The number of piperidine rings is 1. The highest BCUT2D eigenvalue weighted by atomic mass is 16.6. The molecular formula is C23H28N2O4. The number of hydrogen-bond acceptors (Lipinski definition) is 4. The first kappa shape index (κ1) is 20.7. The number of phenols is 1. The summed E-state index contributed by atoms with van der Waals surface area (Å²) in [5.41, 5.74) is 1.90. The first-order valence-corrected chi connectivity index (χ1v) is 9.89. The highest BCUT2D eigenvalue weighted by molar-refractivity contribution is 6.04. The molecule has 29 heavy (non-hydrogen) atoms. The monoisotopic (exact) mass is 396 g/mol. The van der Waals surface area contributed by atoms with E-state index >= 15 is 0 Å². The predicted molar refractivity (Wildman–Crippen MR) is 112 cm³/mol. The predicted octanol–water partition coefficient (Wildman–Crippen LogP) is 4.76. The summed E-state index contributed by atoms with van der Waals surface area (Å²) in [4.78, 5) is 26.3. The van der Waals surface area contributed by atoms with Gasteiger partial charge in [0.2, 0.25) is 0 Å². The Hall–Kier alpha value is -3.02. The lowest BCUT2D eigenvalue weighted by Crippen LogP contribution is -2.41. The number of likely N-dealkylation sites (tertiary alicyclic amines) is 1. The molecule has 0 saturated carbocycles. The summed E-state index contributed by atoms with van der Waals surface area (Å²) < 4.78 is 5.44. The van der Waals surface area contributed by atoms with Crippen molar-refractivity contribution in [1.29, 1.82) is 0 Å². The van der Waals surface area contributed by atoms with E-state index in [1.807, 2.05) is 45.0 Å². The van der Waals surface area contributed by atoms with Crippen LogP contribution in [0.2, 0.25) is 0 Å². The smallest absolute Gasteiger partial charge is 0.410 e. The molecule has 0 bridgehead atoms. The van der Waals surface area contributed by atoms with Gasteiger partial charge < -0.3 is 20.1 Å². The van der Waals surface area contributed by atoms with Crippen LogP contribution in [0.3, 0.4) is 0 Å². The van der Waals surface area contributed by atoms with Crippen molar-refractivity contribution in [3.63, 3.8) is 0 Å². The zero-order valence-electron chi connectivity index (χ0n) is 17.1. The van der Waals surface area contributed by atoms with Crippen LogP contribution >= 0.6 is 0 Å². The van der Waals surface area contributed by atoms with Crippen LogP contribution in [0.1, 0.15) is 55.5 Å². The number of amides is 2. The van der Waals surface area contributed by atoms with Crippen molar-refractivity contribution in [2.24, 2.45) is 0 Å². The van der Waals surface area contributed by atoms with Gasteiger partial charge in [-0.1, -0.05) is 12.1 Å². The minimum atomic E-state index is -0.482. The Morgan fingerprint density at radius 2 is 1.59 bits per heavy atom. The molecule has 2 aromatic carbocycles. The number of hydrogen-bond donors (Lipinski definition) is 2. The summed E-state index contributed by atoms with van der Waals surface area (Å²) in [7, 11) is 0. The quantitative estimate of drug-likeness (QED) is 0.733. The van der Waals surface area contributed by atoms with E-state index in [2.05, 4.69) is 5.32 Å². The number of aromatic hydroxyl groups is 1. The minimum absolute atomic E-state index is 0.157. The van der Waals surface area contributed by atoms with Crippen LogP contribution in [0.4, 0.5) is 10.5 Å². The van der Waals surface area contributed by atoms with Crippen LogP contribution in [0.15, 0.2) is 48.5 Å². The van der Waals surface area contributed by atoms with Gasteiger partial charge >= 0.3 is 6.09 Å². The molecule has 0 aliphatic carbocycles. The van der Waals surface area contributed by atoms with Gasteiger partial charge in [0.15, 0.2) is 0 Å². The van der Waals surface area contributed by atoms with Crippen molar-refractivity contribution in [2.75, 3.05) is 18.4 Å². The highest BCUT2D eigenvalue weighted by Gasteiger charge is 2.27. The fourth-order valence-electron chi connectivity index (χ4n) is 3.38. The number of anilines is 1. The molecule has 0 aromatic heterocycles. The molecule has 6 heteroatoms. The summed E-state index contributed by atoms with van der Waals surface area (Å²) in [6.45, 7) is 6.95. The van der Waals surface area contributed by atoms with Crippen molar-refractivity contribution in [1.82, 2.24) is 4.90 Å². The second-order valence-electron chi connectivity index (χ2n) is 8.36. The molecule has 2 aromatic rings. The molecule has 3 rings (SSSR count). The number of nitrogens with one attached hydrogen (secondary N) is 1. The lowest BCUT2D eigenvalue weighted by Gasteiger charge is -2.33. The molecule has 1 fully saturated rings. The largest absolute Gasteiger partial charge is 0.508 e. The zero-order valence-corrected chi connectivity index (χ0v) is 17.1. The molecule has 0 atom stereocenters. The lowest BCUT2D eigenvalue weighted by molar-refractivity contribution is 0.0204. The van der Waals surface area contributed by atoms with Gasteiger partial charge in [-0.3, -0.25) is 4.79 Å². The maximum absolute atomic E-state index is 12.4. The topological polar surface area (TPSA) is 78.9 Å². The third-order valence-corrected chi connectivity index (χ3v) is 4.92. The van der Waals surface area contributed by atoms with Crippen LogP contribution in [0, 0.1) is 0 Å². The van der Waals surface area contributed by atoms with Crippen molar-refractivity contribution < 1.29 is 19.4 Å². The van der Waals surface area contributed by atoms with Gasteiger partial charge in [0.1, 0.15) is 11.4 Å². The maximum Gasteiger partial charge on any atom is 0.410 e. The number of nitrogens with zero attached hydrogens (tertiary/aromatic N) is 1. The number of benzene rings is 2. The number of phenolic OH excluding ortho intramolecular Hbond substituents is 1. The number of carbonyl (C=O) groups is 2. The third kappa shape index (κ3) is 5.73. The van der Waals surface area contributed by atoms with E-state index < -0.39 is 5.60 Å². The Morgan fingerprint density at radius 3 is 2.14 bits per heavy atom. The second-order valence-corrected chi connectivity index (χ2v) is 8.36. The molecular weight excluding hydrogens is 368 g/mol. The van der Waals surface area contributed by atoms with Crippen molar-refractivity contribution >= 4 is 17.7 Å². The summed E-state index contributed by atoms with van der Waals surface area (Å²) in [6, 6.07) is 14.0. The van der Waals surface area contributed by atoms with Crippen LogP contribution in [0.5, 0.6) is 5.75 Å². The standard InChI is InChI=1S/C23H28N2O4/c1-23(2,3)29-22(28)25-14-12-17(13-15-25)16-4-6-18(7-5-16)21(27)24-19-8-10-20(26)11-9-19/h4-11,17,26H,12-15H2,1-3H3,(H,24,27). The number of rotatable bonds is 3. The Balaban J connectivity index is 1.55. The van der Waals surface area contributed by atoms with Gasteiger partial charge in [-0.25, -0.2) is 4.79 Å². The van der Waals surface area contributed by atoms with Gasteiger partial charge in [-0.15, -0.1) is 0 Å². The normalized spacial score (nSPS) is 15.1. The summed E-state index contributed by atoms with van der Waals surface area (Å²) in [6.07, 6.45) is 1.49. The minimum Gasteiger partial charge on any atom is -0.508 e. The molecule has 1 saturated heterocycles. The Labute approximate surface area is 171 Å². The van der Waals surface area contributed by atoms with E-state index in [1.54, 1.807) is 17.0 Å². The molecule has 1 aliphatic rings. The molecule has 0 radical (unpaired) electrons. The van der Waals surface area contributed by atoms with Gasteiger partial charge in [0.05, 0.1) is 0 Å². The van der Waals surface area contributed by atoms with Crippen molar-refractivity contribution in [3.8, 4) is 5.75 Å². The Bertz CT molecular complexity index is 846. The molecule has 0 spiro atoms. The van der Waals surface area contributed by atoms with E-state index in [9.17, 15) is 14.7 Å².